The molecule has 0 aromatic carbocycles. The van der Waals surface area contributed by atoms with E-state index in [1.807, 2.05) is 20.8 Å². The average molecular weight is 322 g/mol. The molecular weight excluding hydrogens is 292 g/mol. The monoisotopic (exact) mass is 322 g/mol. The number of likely N-dealkylation sites (tertiary alicyclic amines) is 2. The second-order valence-corrected chi connectivity index (χ2v) is 8.37. The maximum Gasteiger partial charge on any atom is 0.410 e. The van der Waals surface area contributed by atoms with Gasteiger partial charge >= 0.3 is 6.09 Å². The molecule has 5 nitrogen and oxygen atoms in total. The highest BCUT2D eigenvalue weighted by atomic mass is 16.6. The van der Waals surface area contributed by atoms with Gasteiger partial charge in [0.25, 0.3) is 0 Å². The van der Waals surface area contributed by atoms with Crippen LogP contribution in [0.4, 0.5) is 4.79 Å². The van der Waals surface area contributed by atoms with Crippen LogP contribution in [0, 0.1) is 11.8 Å². The lowest BCUT2D eigenvalue weighted by Crippen LogP contribution is -2.58. The molecule has 2 aliphatic heterocycles. The van der Waals surface area contributed by atoms with Crippen molar-refractivity contribution in [2.24, 2.45) is 11.8 Å². The average Bonchev–Trinajstić information content (AvgIpc) is 3.05. The van der Waals surface area contributed by atoms with Crippen molar-refractivity contribution in [1.82, 2.24) is 9.80 Å². The van der Waals surface area contributed by atoms with Gasteiger partial charge in [0.05, 0.1) is 5.92 Å². The van der Waals surface area contributed by atoms with Crippen LogP contribution in [0.15, 0.2) is 0 Å². The number of carbonyl (C=O) groups is 2. The zero-order chi connectivity index (χ0) is 16.6. The van der Waals surface area contributed by atoms with Gasteiger partial charge in [0.1, 0.15) is 5.60 Å². The number of rotatable bonds is 2. The first-order chi connectivity index (χ1) is 10.8. The third-order valence-corrected chi connectivity index (χ3v) is 5.41. The van der Waals surface area contributed by atoms with Crippen LogP contribution in [0.2, 0.25) is 0 Å². The molecule has 0 aromatic rings. The fraction of sp³-hybridized carbons (Fsp3) is 0.889. The Morgan fingerprint density at radius 1 is 1.00 bits per heavy atom. The van der Waals surface area contributed by atoms with Crippen LogP contribution < -0.4 is 0 Å². The standard InChI is InChI=1S/C18H30N2O3/c1-18(2,3)23-17(22)19-11-14(12-19)16(21)20-10-6-9-15(20)13-7-4-5-8-13/h13-15H,4-12H2,1-3H3/t15-/m1/s1. The molecule has 0 radical (unpaired) electrons. The first-order valence-corrected chi connectivity index (χ1v) is 9.13. The maximum atomic E-state index is 12.8. The Balaban J connectivity index is 1.51. The van der Waals surface area contributed by atoms with E-state index in [1.54, 1.807) is 4.90 Å². The molecule has 130 valence electrons. The molecule has 5 heteroatoms. The topological polar surface area (TPSA) is 49.9 Å². The smallest absolute Gasteiger partial charge is 0.410 e. The summed E-state index contributed by atoms with van der Waals surface area (Å²) in [6.07, 6.45) is 7.20. The Kier molecular flexibility index (Phi) is 4.56. The summed E-state index contributed by atoms with van der Waals surface area (Å²) in [5.41, 5.74) is -0.477. The summed E-state index contributed by atoms with van der Waals surface area (Å²) >= 11 is 0. The summed E-state index contributed by atoms with van der Waals surface area (Å²) in [7, 11) is 0. The summed E-state index contributed by atoms with van der Waals surface area (Å²) in [6, 6.07) is 0.459. The van der Waals surface area contributed by atoms with Crippen LogP contribution in [-0.2, 0) is 9.53 Å². The number of amides is 2. The molecule has 1 atom stereocenters. The molecule has 2 heterocycles. The molecule has 0 bridgehead atoms. The Bertz CT molecular complexity index is 459. The predicted molar refractivity (Wildman–Crippen MR) is 88.0 cm³/mol. The van der Waals surface area contributed by atoms with E-state index in [4.69, 9.17) is 4.74 Å². The number of hydrogen-bond acceptors (Lipinski definition) is 3. The minimum atomic E-state index is -0.477. The number of nitrogens with zero attached hydrogens (tertiary/aromatic N) is 2. The maximum absolute atomic E-state index is 12.8. The Morgan fingerprint density at radius 2 is 1.65 bits per heavy atom. The van der Waals surface area contributed by atoms with E-state index in [0.717, 1.165) is 13.0 Å². The van der Waals surface area contributed by atoms with Gasteiger partial charge in [-0.15, -0.1) is 0 Å². The van der Waals surface area contributed by atoms with Gasteiger partial charge in [0, 0.05) is 25.7 Å². The van der Waals surface area contributed by atoms with Crippen molar-refractivity contribution in [2.45, 2.75) is 70.9 Å². The van der Waals surface area contributed by atoms with E-state index < -0.39 is 5.60 Å². The first-order valence-electron chi connectivity index (χ1n) is 9.13. The lowest BCUT2D eigenvalue weighted by atomic mass is 9.93. The fourth-order valence-corrected chi connectivity index (χ4v) is 4.24. The molecular formula is C18H30N2O3. The van der Waals surface area contributed by atoms with Crippen molar-refractivity contribution < 1.29 is 14.3 Å². The highest BCUT2D eigenvalue weighted by Crippen LogP contribution is 2.36. The van der Waals surface area contributed by atoms with Gasteiger partial charge in [0.15, 0.2) is 0 Å². The van der Waals surface area contributed by atoms with Crippen molar-refractivity contribution >= 4 is 12.0 Å². The van der Waals surface area contributed by atoms with Crippen LogP contribution in [0.25, 0.3) is 0 Å². The second-order valence-electron chi connectivity index (χ2n) is 8.37. The minimum Gasteiger partial charge on any atom is -0.444 e. The van der Waals surface area contributed by atoms with Crippen LogP contribution in [-0.4, -0.2) is 53.1 Å². The van der Waals surface area contributed by atoms with E-state index in [1.165, 1.54) is 32.1 Å². The van der Waals surface area contributed by atoms with Crippen LogP contribution >= 0.6 is 0 Å². The van der Waals surface area contributed by atoms with E-state index in [2.05, 4.69) is 4.90 Å². The normalized spacial score (nSPS) is 26.5. The second kappa shape index (κ2) is 6.33. The SMILES string of the molecule is CC(C)(C)OC(=O)N1CC(C(=O)N2CCC[C@@H]2C2CCCC2)C1. The molecule has 1 saturated carbocycles. The van der Waals surface area contributed by atoms with Crippen LogP contribution in [0.1, 0.15) is 59.3 Å². The highest BCUT2D eigenvalue weighted by Gasteiger charge is 2.43. The van der Waals surface area contributed by atoms with Crippen LogP contribution in [0.5, 0.6) is 0 Å². The highest BCUT2D eigenvalue weighted by molar-refractivity contribution is 5.83. The molecule has 1 aliphatic carbocycles. The summed E-state index contributed by atoms with van der Waals surface area (Å²) in [6.45, 7) is 7.53. The van der Waals surface area contributed by atoms with Gasteiger partial charge in [-0.25, -0.2) is 4.79 Å². The molecule has 3 rings (SSSR count). The van der Waals surface area contributed by atoms with Gasteiger partial charge in [-0.3, -0.25) is 4.79 Å². The predicted octanol–water partition coefficient (Wildman–Crippen LogP) is 3.03. The number of hydrogen-bond donors (Lipinski definition) is 0. The summed E-state index contributed by atoms with van der Waals surface area (Å²) in [5, 5.41) is 0. The van der Waals surface area contributed by atoms with E-state index in [-0.39, 0.29) is 17.9 Å². The zero-order valence-corrected chi connectivity index (χ0v) is 14.7. The quantitative estimate of drug-likeness (QED) is 0.785. The lowest BCUT2D eigenvalue weighted by Gasteiger charge is -2.42. The molecule has 0 unspecified atom stereocenters. The van der Waals surface area contributed by atoms with Crippen LogP contribution in [0.3, 0.4) is 0 Å². The van der Waals surface area contributed by atoms with Crippen molar-refractivity contribution in [3.8, 4) is 0 Å². The lowest BCUT2D eigenvalue weighted by molar-refractivity contribution is -0.142. The molecule has 3 fully saturated rings. The number of carbonyl (C=O) groups excluding carboxylic acids is 2. The van der Waals surface area contributed by atoms with Crippen molar-refractivity contribution in [3.05, 3.63) is 0 Å². The Hall–Kier alpha value is -1.26. The molecule has 0 aromatic heterocycles. The van der Waals surface area contributed by atoms with Gasteiger partial charge in [-0.2, -0.15) is 0 Å². The Labute approximate surface area is 139 Å². The molecule has 23 heavy (non-hydrogen) atoms. The van der Waals surface area contributed by atoms with E-state index in [0.29, 0.717) is 25.0 Å². The van der Waals surface area contributed by atoms with Gasteiger partial charge < -0.3 is 14.5 Å². The fourth-order valence-electron chi connectivity index (χ4n) is 4.24. The van der Waals surface area contributed by atoms with Crippen molar-refractivity contribution in [3.63, 3.8) is 0 Å². The molecule has 3 aliphatic rings. The van der Waals surface area contributed by atoms with E-state index >= 15 is 0 Å². The third kappa shape index (κ3) is 3.64. The molecule has 0 spiro atoms. The Morgan fingerprint density at radius 3 is 2.26 bits per heavy atom. The van der Waals surface area contributed by atoms with Gasteiger partial charge in [-0.1, -0.05) is 12.8 Å². The summed E-state index contributed by atoms with van der Waals surface area (Å²) < 4.78 is 5.36. The minimum absolute atomic E-state index is 0.0236. The van der Waals surface area contributed by atoms with Gasteiger partial charge in [-0.05, 0) is 52.4 Å². The molecule has 2 saturated heterocycles. The van der Waals surface area contributed by atoms with Crippen molar-refractivity contribution in [1.29, 1.82) is 0 Å². The van der Waals surface area contributed by atoms with E-state index in [9.17, 15) is 9.59 Å². The summed E-state index contributed by atoms with van der Waals surface area (Å²) in [5.74, 6) is 0.951. The number of ether oxygens (including phenoxy) is 1. The zero-order valence-electron chi connectivity index (χ0n) is 14.7. The largest absolute Gasteiger partial charge is 0.444 e. The van der Waals surface area contributed by atoms with Gasteiger partial charge in [0.2, 0.25) is 5.91 Å². The third-order valence-electron chi connectivity index (χ3n) is 5.41. The van der Waals surface area contributed by atoms with Crippen molar-refractivity contribution in [2.75, 3.05) is 19.6 Å². The first kappa shape index (κ1) is 16.6. The molecule has 0 N–H and O–H groups in total. The summed E-state index contributed by atoms with van der Waals surface area (Å²) in [4.78, 5) is 28.6. The molecule has 2 amide bonds.